The fourth-order valence-electron chi connectivity index (χ4n) is 1.98. The van der Waals surface area contributed by atoms with Gasteiger partial charge < -0.3 is 15.5 Å². The molecule has 2 amide bonds. The van der Waals surface area contributed by atoms with Crippen LogP contribution < -0.4 is 10.6 Å². The van der Waals surface area contributed by atoms with E-state index in [-0.39, 0.29) is 6.03 Å². The molecule has 0 unspecified atom stereocenters. The van der Waals surface area contributed by atoms with Crippen LogP contribution in [0.3, 0.4) is 0 Å². The van der Waals surface area contributed by atoms with E-state index in [1.807, 2.05) is 7.05 Å². The molecule has 1 aliphatic rings. The van der Waals surface area contributed by atoms with E-state index in [0.29, 0.717) is 12.1 Å². The smallest absolute Gasteiger partial charge is 0.317 e. The monoisotopic (exact) mass is 227 g/mol. The number of amides is 2. The van der Waals surface area contributed by atoms with Crippen LogP contribution in [-0.2, 0) is 0 Å². The van der Waals surface area contributed by atoms with Gasteiger partial charge in [-0.25, -0.2) is 4.79 Å². The summed E-state index contributed by atoms with van der Waals surface area (Å²) in [4.78, 5) is 13.5. The topological polar surface area (TPSA) is 44.4 Å². The molecular formula is C12H25N3O. The maximum absolute atomic E-state index is 11.8. The number of nitrogens with one attached hydrogen (secondary N) is 2. The zero-order valence-electron chi connectivity index (χ0n) is 10.8. The van der Waals surface area contributed by atoms with Gasteiger partial charge in [0, 0.05) is 32.2 Å². The van der Waals surface area contributed by atoms with E-state index in [1.54, 1.807) is 4.90 Å². The number of likely N-dealkylation sites (N-methyl/N-ethyl adjacent to an activating group) is 1. The molecule has 0 aromatic carbocycles. The predicted octanol–water partition coefficient (Wildman–Crippen LogP) is 1.57. The van der Waals surface area contributed by atoms with E-state index in [9.17, 15) is 4.79 Å². The lowest BCUT2D eigenvalue weighted by atomic mass is 10.2. The first-order valence-electron chi connectivity index (χ1n) is 6.34. The Kier molecular flexibility index (Phi) is 5.60. The van der Waals surface area contributed by atoms with Crippen LogP contribution in [0, 0.1) is 0 Å². The van der Waals surface area contributed by atoms with Crippen LogP contribution >= 0.6 is 0 Å². The third kappa shape index (κ3) is 4.84. The molecule has 0 aromatic rings. The Morgan fingerprint density at radius 1 is 1.38 bits per heavy atom. The molecule has 1 aliphatic carbocycles. The third-order valence-corrected chi connectivity index (χ3v) is 3.03. The largest absolute Gasteiger partial charge is 0.335 e. The van der Waals surface area contributed by atoms with Crippen molar-refractivity contribution in [3.05, 3.63) is 0 Å². The maximum Gasteiger partial charge on any atom is 0.317 e. The highest BCUT2D eigenvalue weighted by atomic mass is 16.2. The van der Waals surface area contributed by atoms with Crippen LogP contribution in [-0.4, -0.2) is 43.2 Å². The van der Waals surface area contributed by atoms with E-state index in [2.05, 4.69) is 24.5 Å². The van der Waals surface area contributed by atoms with E-state index in [1.165, 1.54) is 12.8 Å². The van der Waals surface area contributed by atoms with Gasteiger partial charge in [-0.15, -0.1) is 0 Å². The summed E-state index contributed by atoms with van der Waals surface area (Å²) < 4.78 is 0. The van der Waals surface area contributed by atoms with Crippen LogP contribution in [0.2, 0.25) is 0 Å². The van der Waals surface area contributed by atoms with Gasteiger partial charge in [-0.05, 0) is 12.8 Å². The van der Waals surface area contributed by atoms with E-state index >= 15 is 0 Å². The van der Waals surface area contributed by atoms with Crippen molar-refractivity contribution in [1.29, 1.82) is 0 Å². The van der Waals surface area contributed by atoms with Gasteiger partial charge in [-0.1, -0.05) is 26.7 Å². The van der Waals surface area contributed by atoms with Gasteiger partial charge in [0.25, 0.3) is 0 Å². The van der Waals surface area contributed by atoms with Crippen molar-refractivity contribution >= 4 is 6.03 Å². The summed E-state index contributed by atoms with van der Waals surface area (Å²) in [7, 11) is 1.85. The van der Waals surface area contributed by atoms with Gasteiger partial charge in [-0.3, -0.25) is 0 Å². The van der Waals surface area contributed by atoms with Gasteiger partial charge in [0.2, 0.25) is 0 Å². The molecular weight excluding hydrogens is 202 g/mol. The lowest BCUT2D eigenvalue weighted by molar-refractivity contribution is 0.204. The standard InChI is InChI=1S/C12H25N3O/c1-10(2)13-8-9-15(3)12(16)14-11-6-4-5-7-11/h10-11,13H,4-9H2,1-3H3,(H,14,16). The Balaban J connectivity index is 2.14. The quantitative estimate of drug-likeness (QED) is 0.749. The Morgan fingerprint density at radius 2 is 2.00 bits per heavy atom. The predicted molar refractivity (Wildman–Crippen MR) is 66.6 cm³/mol. The first-order valence-corrected chi connectivity index (χ1v) is 6.34. The molecule has 1 fully saturated rings. The van der Waals surface area contributed by atoms with Crippen LogP contribution in [0.25, 0.3) is 0 Å². The fourth-order valence-corrected chi connectivity index (χ4v) is 1.98. The van der Waals surface area contributed by atoms with E-state index in [4.69, 9.17) is 0 Å². The number of urea groups is 1. The van der Waals surface area contributed by atoms with Crippen LogP contribution in [0.1, 0.15) is 39.5 Å². The second kappa shape index (κ2) is 6.74. The molecule has 0 atom stereocenters. The first kappa shape index (κ1) is 13.3. The summed E-state index contributed by atoms with van der Waals surface area (Å²) >= 11 is 0. The number of hydrogen-bond acceptors (Lipinski definition) is 2. The van der Waals surface area contributed by atoms with Gasteiger partial charge in [0.05, 0.1) is 0 Å². The zero-order valence-corrected chi connectivity index (χ0v) is 10.8. The van der Waals surface area contributed by atoms with Crippen LogP contribution in [0.4, 0.5) is 4.79 Å². The molecule has 94 valence electrons. The highest BCUT2D eigenvalue weighted by Gasteiger charge is 2.18. The number of nitrogens with zero attached hydrogens (tertiary/aromatic N) is 1. The minimum atomic E-state index is 0.0671. The number of rotatable bonds is 5. The SMILES string of the molecule is CC(C)NCCN(C)C(=O)NC1CCCC1. The summed E-state index contributed by atoms with van der Waals surface area (Å²) in [6, 6.07) is 0.955. The van der Waals surface area contributed by atoms with Crippen molar-refractivity contribution < 1.29 is 4.79 Å². The number of hydrogen-bond donors (Lipinski definition) is 2. The average Bonchev–Trinajstić information content (AvgIpc) is 2.69. The fraction of sp³-hybridized carbons (Fsp3) is 0.917. The van der Waals surface area contributed by atoms with E-state index < -0.39 is 0 Å². The Labute approximate surface area is 98.8 Å². The average molecular weight is 227 g/mol. The lowest BCUT2D eigenvalue weighted by Gasteiger charge is -2.21. The number of carbonyl (C=O) groups is 1. The molecule has 0 aromatic heterocycles. The van der Waals surface area contributed by atoms with Crippen molar-refractivity contribution in [2.24, 2.45) is 0 Å². The van der Waals surface area contributed by atoms with Crippen LogP contribution in [0.5, 0.6) is 0 Å². The molecule has 0 saturated heterocycles. The van der Waals surface area contributed by atoms with Crippen molar-refractivity contribution in [1.82, 2.24) is 15.5 Å². The molecule has 2 N–H and O–H groups in total. The zero-order chi connectivity index (χ0) is 12.0. The second-order valence-electron chi connectivity index (χ2n) is 4.96. The molecule has 0 heterocycles. The molecule has 0 spiro atoms. The molecule has 0 aliphatic heterocycles. The maximum atomic E-state index is 11.8. The van der Waals surface area contributed by atoms with Crippen molar-refractivity contribution in [3.63, 3.8) is 0 Å². The Bertz CT molecular complexity index is 212. The molecule has 1 rings (SSSR count). The first-order chi connectivity index (χ1) is 7.59. The van der Waals surface area contributed by atoms with E-state index in [0.717, 1.165) is 25.9 Å². The van der Waals surface area contributed by atoms with Crippen molar-refractivity contribution in [2.45, 2.75) is 51.6 Å². The molecule has 0 bridgehead atoms. The molecule has 4 nitrogen and oxygen atoms in total. The highest BCUT2D eigenvalue weighted by Crippen LogP contribution is 2.17. The summed E-state index contributed by atoms with van der Waals surface area (Å²) in [5.41, 5.74) is 0. The van der Waals surface area contributed by atoms with Gasteiger partial charge >= 0.3 is 6.03 Å². The molecule has 4 heteroatoms. The highest BCUT2D eigenvalue weighted by molar-refractivity contribution is 5.74. The summed E-state index contributed by atoms with van der Waals surface area (Å²) in [5, 5.41) is 6.38. The molecule has 0 radical (unpaired) electrons. The van der Waals surface area contributed by atoms with Gasteiger partial charge in [-0.2, -0.15) is 0 Å². The van der Waals surface area contributed by atoms with Gasteiger partial charge in [0.1, 0.15) is 0 Å². The molecule has 16 heavy (non-hydrogen) atoms. The minimum Gasteiger partial charge on any atom is -0.335 e. The summed E-state index contributed by atoms with van der Waals surface area (Å²) in [6.45, 7) is 5.83. The summed E-state index contributed by atoms with van der Waals surface area (Å²) in [5.74, 6) is 0. The summed E-state index contributed by atoms with van der Waals surface area (Å²) in [6.07, 6.45) is 4.79. The molecule has 1 saturated carbocycles. The second-order valence-corrected chi connectivity index (χ2v) is 4.96. The minimum absolute atomic E-state index is 0.0671. The lowest BCUT2D eigenvalue weighted by Crippen LogP contribution is -2.44. The number of carbonyl (C=O) groups excluding carboxylic acids is 1. The van der Waals surface area contributed by atoms with Gasteiger partial charge in [0.15, 0.2) is 0 Å². The van der Waals surface area contributed by atoms with Crippen molar-refractivity contribution in [2.75, 3.05) is 20.1 Å². The van der Waals surface area contributed by atoms with Crippen molar-refractivity contribution in [3.8, 4) is 0 Å². The van der Waals surface area contributed by atoms with Crippen LogP contribution in [0.15, 0.2) is 0 Å². The Morgan fingerprint density at radius 3 is 2.56 bits per heavy atom. The Hall–Kier alpha value is -0.770. The third-order valence-electron chi connectivity index (χ3n) is 3.03. The normalized spacial score (nSPS) is 16.8.